The van der Waals surface area contributed by atoms with Gasteiger partial charge in [0.1, 0.15) is 0 Å². The first-order valence-corrected chi connectivity index (χ1v) is 9.98. The van der Waals surface area contributed by atoms with E-state index in [0.29, 0.717) is 23.7 Å². The van der Waals surface area contributed by atoms with Crippen LogP contribution in [0.15, 0.2) is 54.6 Å². The van der Waals surface area contributed by atoms with Gasteiger partial charge in [-0.15, -0.1) is 5.06 Å². The van der Waals surface area contributed by atoms with Gasteiger partial charge >= 0.3 is 11.9 Å². The molecule has 0 amide bonds. The predicted molar refractivity (Wildman–Crippen MR) is 106 cm³/mol. The zero-order chi connectivity index (χ0) is 20.4. The molecule has 2 fully saturated rings. The fourth-order valence-electron chi connectivity index (χ4n) is 4.12. The highest BCUT2D eigenvalue weighted by Crippen LogP contribution is 2.51. The molecule has 2 aromatic rings. The summed E-state index contributed by atoms with van der Waals surface area (Å²) in [6, 6.07) is 16.3. The quantitative estimate of drug-likeness (QED) is 0.694. The molecule has 1 aliphatic carbocycles. The van der Waals surface area contributed by atoms with Gasteiger partial charge in [0.05, 0.1) is 36.4 Å². The molecule has 1 aliphatic heterocycles. The number of benzene rings is 2. The molecule has 0 N–H and O–H groups in total. The van der Waals surface area contributed by atoms with E-state index in [2.05, 4.69) is 0 Å². The maximum absolute atomic E-state index is 12.7. The highest BCUT2D eigenvalue weighted by Gasteiger charge is 2.56. The molecule has 2 aromatic carbocycles. The highest BCUT2D eigenvalue weighted by atomic mass is 16.7. The molecule has 1 saturated carbocycles. The van der Waals surface area contributed by atoms with Crippen LogP contribution in [-0.4, -0.2) is 42.9 Å². The topological polar surface area (TPSA) is 65.1 Å². The van der Waals surface area contributed by atoms with Gasteiger partial charge in [0.25, 0.3) is 0 Å². The van der Waals surface area contributed by atoms with Crippen molar-refractivity contribution in [3.8, 4) is 0 Å². The van der Waals surface area contributed by atoms with Crippen LogP contribution in [0.5, 0.6) is 0 Å². The minimum Gasteiger partial charge on any atom is -0.465 e. The molecule has 4 rings (SSSR count). The number of methoxy groups -OCH3 is 1. The first-order chi connectivity index (χ1) is 14.1. The van der Waals surface area contributed by atoms with Crippen LogP contribution in [0.2, 0.25) is 0 Å². The average Bonchev–Trinajstić information content (AvgIpc) is 3.57. The Morgan fingerprint density at radius 3 is 2.31 bits per heavy atom. The van der Waals surface area contributed by atoms with Gasteiger partial charge in [-0.25, -0.2) is 9.59 Å². The third-order valence-corrected chi connectivity index (χ3v) is 5.67. The lowest BCUT2D eigenvalue weighted by molar-refractivity contribution is -0.178. The normalized spacial score (nSPS) is 25.7. The van der Waals surface area contributed by atoms with E-state index in [9.17, 15) is 9.59 Å². The summed E-state index contributed by atoms with van der Waals surface area (Å²) in [5.74, 6) is -0.353. The van der Waals surface area contributed by atoms with Gasteiger partial charge in [0, 0.05) is 12.5 Å². The summed E-state index contributed by atoms with van der Waals surface area (Å²) >= 11 is 0. The Morgan fingerprint density at radius 1 is 0.966 bits per heavy atom. The minimum absolute atomic E-state index is 0.130. The Morgan fingerprint density at radius 2 is 1.66 bits per heavy atom. The van der Waals surface area contributed by atoms with Gasteiger partial charge in [0.15, 0.2) is 0 Å². The van der Waals surface area contributed by atoms with Crippen LogP contribution in [-0.2, 0) is 14.3 Å². The molecule has 1 heterocycles. The summed E-state index contributed by atoms with van der Waals surface area (Å²) in [7, 11) is 1.36. The summed E-state index contributed by atoms with van der Waals surface area (Å²) in [5.41, 5.74) is 2.00. The number of hydrogen-bond donors (Lipinski definition) is 0. The van der Waals surface area contributed by atoms with E-state index in [1.165, 1.54) is 7.11 Å². The second kappa shape index (κ2) is 8.35. The molecular weight excluding hydrogens is 370 g/mol. The summed E-state index contributed by atoms with van der Waals surface area (Å²) in [6.07, 6.45) is 1.82. The number of rotatable bonds is 6. The number of carbonyl (C=O) groups excluding carboxylic acids is 2. The molecular formula is C23H25NO5. The zero-order valence-corrected chi connectivity index (χ0v) is 16.6. The minimum atomic E-state index is -0.373. The number of carbonyl (C=O) groups is 2. The van der Waals surface area contributed by atoms with Crippen LogP contribution in [0.1, 0.15) is 52.1 Å². The van der Waals surface area contributed by atoms with Crippen molar-refractivity contribution < 1.29 is 23.9 Å². The van der Waals surface area contributed by atoms with Crippen LogP contribution in [0.4, 0.5) is 0 Å². The predicted octanol–water partition coefficient (Wildman–Crippen LogP) is 3.79. The Bertz CT molecular complexity index is 867. The maximum Gasteiger partial charge on any atom is 0.357 e. The maximum atomic E-state index is 12.7. The molecule has 6 nitrogen and oxygen atoms in total. The van der Waals surface area contributed by atoms with Crippen LogP contribution >= 0.6 is 0 Å². The fourth-order valence-corrected chi connectivity index (χ4v) is 4.12. The zero-order valence-electron chi connectivity index (χ0n) is 16.6. The van der Waals surface area contributed by atoms with Crippen LogP contribution in [0.3, 0.4) is 0 Å². The molecule has 4 atom stereocenters. The second-order valence-electron chi connectivity index (χ2n) is 7.43. The molecule has 0 spiro atoms. The van der Waals surface area contributed by atoms with E-state index in [0.717, 1.165) is 18.4 Å². The Balaban J connectivity index is 1.58. The largest absolute Gasteiger partial charge is 0.465 e. The Labute approximate surface area is 170 Å². The number of hydrogen-bond acceptors (Lipinski definition) is 6. The van der Waals surface area contributed by atoms with Crippen LogP contribution in [0, 0.1) is 5.92 Å². The number of fused-ring (bicyclic) bond motifs is 1. The smallest absolute Gasteiger partial charge is 0.357 e. The molecule has 152 valence electrons. The SMILES string of the molecule is CCOC1CC(c2ccc(C(=O)OC)cc2)N(OC(=O)c2ccccc2)C2CC12. The van der Waals surface area contributed by atoms with E-state index in [1.807, 2.05) is 42.3 Å². The van der Waals surface area contributed by atoms with Gasteiger partial charge in [-0.2, -0.15) is 0 Å². The number of ether oxygens (including phenoxy) is 2. The third kappa shape index (κ3) is 4.04. The van der Waals surface area contributed by atoms with E-state index >= 15 is 0 Å². The van der Waals surface area contributed by atoms with E-state index in [4.69, 9.17) is 14.3 Å². The van der Waals surface area contributed by atoms with Crippen molar-refractivity contribution in [3.05, 3.63) is 71.3 Å². The number of hydroxylamine groups is 2. The molecule has 6 heteroatoms. The highest BCUT2D eigenvalue weighted by molar-refractivity contribution is 5.89. The summed E-state index contributed by atoms with van der Waals surface area (Å²) in [6.45, 7) is 2.66. The lowest BCUT2D eigenvalue weighted by Gasteiger charge is -2.37. The van der Waals surface area contributed by atoms with Gasteiger partial charge in [-0.3, -0.25) is 0 Å². The first-order valence-electron chi connectivity index (χ1n) is 9.98. The fraction of sp³-hybridized carbons (Fsp3) is 0.391. The number of nitrogens with zero attached hydrogens (tertiary/aromatic N) is 1. The lowest BCUT2D eigenvalue weighted by Crippen LogP contribution is -2.42. The molecule has 0 aromatic heterocycles. The van der Waals surface area contributed by atoms with Crippen molar-refractivity contribution in [1.29, 1.82) is 0 Å². The standard InChI is InChI=1S/C23H25NO5/c1-3-28-21-14-19(15-9-11-17(12-10-15)22(25)27-2)24(20-13-18(20)21)29-23(26)16-7-5-4-6-8-16/h4-12,18-21H,3,13-14H2,1-2H3. The van der Waals surface area contributed by atoms with Gasteiger partial charge in [-0.05, 0) is 49.6 Å². The van der Waals surface area contributed by atoms with E-state index in [-0.39, 0.29) is 30.1 Å². The molecule has 4 unspecified atom stereocenters. The van der Waals surface area contributed by atoms with Crippen molar-refractivity contribution in [3.63, 3.8) is 0 Å². The van der Waals surface area contributed by atoms with Crippen molar-refractivity contribution >= 4 is 11.9 Å². The van der Waals surface area contributed by atoms with Crippen molar-refractivity contribution in [2.24, 2.45) is 5.92 Å². The molecule has 0 bridgehead atoms. The summed E-state index contributed by atoms with van der Waals surface area (Å²) < 4.78 is 10.7. The summed E-state index contributed by atoms with van der Waals surface area (Å²) in [5, 5.41) is 1.84. The summed E-state index contributed by atoms with van der Waals surface area (Å²) in [4.78, 5) is 30.3. The van der Waals surface area contributed by atoms with Crippen LogP contribution in [0.25, 0.3) is 0 Å². The molecule has 0 radical (unpaired) electrons. The lowest BCUT2D eigenvalue weighted by atomic mass is 9.94. The first kappa shape index (κ1) is 19.6. The van der Waals surface area contributed by atoms with E-state index in [1.54, 1.807) is 24.3 Å². The Kier molecular flexibility index (Phi) is 5.65. The van der Waals surface area contributed by atoms with Gasteiger partial charge in [0.2, 0.25) is 0 Å². The molecule has 1 saturated heterocycles. The average molecular weight is 395 g/mol. The number of piperidine rings is 1. The molecule has 29 heavy (non-hydrogen) atoms. The van der Waals surface area contributed by atoms with Crippen molar-refractivity contribution in [2.75, 3.05) is 13.7 Å². The monoisotopic (exact) mass is 395 g/mol. The van der Waals surface area contributed by atoms with Gasteiger partial charge < -0.3 is 14.3 Å². The van der Waals surface area contributed by atoms with Crippen LogP contribution < -0.4 is 0 Å². The molecule has 2 aliphatic rings. The van der Waals surface area contributed by atoms with Gasteiger partial charge in [-0.1, -0.05) is 30.3 Å². The number of esters is 1. The second-order valence-corrected chi connectivity index (χ2v) is 7.43. The van der Waals surface area contributed by atoms with Crippen molar-refractivity contribution in [1.82, 2.24) is 5.06 Å². The Hall–Kier alpha value is -2.70. The van der Waals surface area contributed by atoms with Crippen molar-refractivity contribution in [2.45, 2.75) is 38.0 Å². The third-order valence-electron chi connectivity index (χ3n) is 5.67. The van der Waals surface area contributed by atoms with E-state index < -0.39 is 0 Å².